The average Bonchev–Trinajstić information content (AvgIpc) is 2.89. The van der Waals surface area contributed by atoms with Crippen LogP contribution in [0.15, 0.2) is 46.9 Å². The predicted octanol–water partition coefficient (Wildman–Crippen LogP) is 5.91. The van der Waals surface area contributed by atoms with Gasteiger partial charge in [-0.25, -0.2) is 0 Å². The van der Waals surface area contributed by atoms with Crippen molar-refractivity contribution in [2.45, 2.75) is 32.6 Å². The molecule has 4 rings (SSSR count). The Bertz CT molecular complexity index is 1090. The van der Waals surface area contributed by atoms with E-state index < -0.39 is 4.92 Å². The van der Waals surface area contributed by atoms with Crippen molar-refractivity contribution >= 4 is 38.8 Å². The summed E-state index contributed by atoms with van der Waals surface area (Å²) in [5.41, 5.74) is 6.12. The van der Waals surface area contributed by atoms with E-state index in [4.69, 9.17) is 21.3 Å². The number of fused-ring (bicyclic) bond motifs is 2. The molecule has 8 heteroatoms. The Labute approximate surface area is 194 Å². The largest absolute Gasteiger partial charge is 0.480 e. The molecule has 2 aromatic rings. The molecule has 6 nitrogen and oxygen atoms in total. The quantitative estimate of drug-likeness (QED) is 0.294. The molecule has 162 valence electrons. The third-order valence-electron chi connectivity index (χ3n) is 5.86. The van der Waals surface area contributed by atoms with Crippen molar-refractivity contribution in [3.63, 3.8) is 0 Å². The zero-order chi connectivity index (χ0) is 22.1. The fourth-order valence-corrected chi connectivity index (χ4v) is 5.00. The van der Waals surface area contributed by atoms with Gasteiger partial charge in [0.2, 0.25) is 0 Å². The Morgan fingerprint density at radius 2 is 1.97 bits per heavy atom. The molecule has 1 aromatic carbocycles. The summed E-state index contributed by atoms with van der Waals surface area (Å²) < 4.78 is 6.50. The maximum Gasteiger partial charge on any atom is 0.288 e. The third-order valence-corrected chi connectivity index (χ3v) is 6.59. The van der Waals surface area contributed by atoms with Crippen LogP contribution < -0.4 is 0 Å². The average molecular weight is 505 g/mol. The number of rotatable bonds is 4. The monoisotopic (exact) mass is 503 g/mol. The highest BCUT2D eigenvalue weighted by atomic mass is 79.9. The number of halogens is 2. The van der Waals surface area contributed by atoms with Gasteiger partial charge in [0.1, 0.15) is 5.02 Å². The molecule has 1 saturated heterocycles. The number of nitrogens with zero attached hydrogens (tertiary/aromatic N) is 3. The van der Waals surface area contributed by atoms with Crippen LogP contribution >= 0.6 is 27.5 Å². The molecule has 1 aliphatic carbocycles. The summed E-state index contributed by atoms with van der Waals surface area (Å²) in [4.78, 5) is 18.1. The second-order valence-electron chi connectivity index (χ2n) is 7.67. The first kappa shape index (κ1) is 21.8. The summed E-state index contributed by atoms with van der Waals surface area (Å²) in [6.07, 6.45) is 4.97. The van der Waals surface area contributed by atoms with E-state index in [1.807, 2.05) is 6.92 Å². The molecule has 0 bridgehead atoms. The maximum absolute atomic E-state index is 11.6. The lowest BCUT2D eigenvalue weighted by Crippen LogP contribution is -2.31. The van der Waals surface area contributed by atoms with Gasteiger partial charge in [0, 0.05) is 35.4 Å². The first-order valence-corrected chi connectivity index (χ1v) is 11.5. The molecule has 31 heavy (non-hydrogen) atoms. The van der Waals surface area contributed by atoms with Crippen LogP contribution in [0.5, 0.6) is 0 Å². The summed E-state index contributed by atoms with van der Waals surface area (Å²) in [5.74, 6) is 0.692. The number of likely N-dealkylation sites (tertiary alicyclic amines) is 1. The molecule has 0 atom stereocenters. The Balaban J connectivity index is 1.84. The second-order valence-corrected chi connectivity index (χ2v) is 8.99. The summed E-state index contributed by atoms with van der Waals surface area (Å²) in [5, 5.41) is 11.8. The van der Waals surface area contributed by atoms with Gasteiger partial charge in [-0.2, -0.15) is 0 Å². The number of hydrogen-bond acceptors (Lipinski definition) is 5. The first-order valence-electron chi connectivity index (χ1n) is 10.3. The zero-order valence-electron chi connectivity index (χ0n) is 17.3. The highest BCUT2D eigenvalue weighted by Crippen LogP contribution is 2.41. The lowest BCUT2D eigenvalue weighted by Gasteiger charge is -2.32. The van der Waals surface area contributed by atoms with Crippen LogP contribution in [0.25, 0.3) is 5.57 Å². The van der Waals surface area contributed by atoms with Gasteiger partial charge in [0.05, 0.1) is 17.2 Å². The van der Waals surface area contributed by atoms with Crippen molar-refractivity contribution in [2.24, 2.45) is 0 Å². The van der Waals surface area contributed by atoms with Crippen molar-refractivity contribution in [1.29, 1.82) is 0 Å². The summed E-state index contributed by atoms with van der Waals surface area (Å²) in [6, 6.07) is 5.48. The number of ether oxygens (including phenoxy) is 1. The Morgan fingerprint density at radius 1 is 1.26 bits per heavy atom. The van der Waals surface area contributed by atoms with Gasteiger partial charge in [0.15, 0.2) is 5.88 Å². The fourth-order valence-electron chi connectivity index (χ4n) is 4.37. The summed E-state index contributed by atoms with van der Waals surface area (Å²) >= 11 is 9.78. The van der Waals surface area contributed by atoms with Crippen LogP contribution in [-0.4, -0.2) is 34.5 Å². The van der Waals surface area contributed by atoms with Gasteiger partial charge in [0.25, 0.3) is 5.69 Å². The SMILES string of the molecule is C=C(OCC)N1CCC(=C2c3cc([N+](=O)[O-])c(Cl)cc3CCc3cc(Br)cnc32)CC1. The molecule has 2 heterocycles. The lowest BCUT2D eigenvalue weighted by atomic mass is 9.88. The van der Waals surface area contributed by atoms with Crippen molar-refractivity contribution in [2.75, 3.05) is 19.7 Å². The van der Waals surface area contributed by atoms with Gasteiger partial charge in [-0.15, -0.1) is 0 Å². The molecule has 0 unspecified atom stereocenters. The minimum atomic E-state index is -0.416. The van der Waals surface area contributed by atoms with Crippen LogP contribution in [0, 0.1) is 10.1 Å². The zero-order valence-corrected chi connectivity index (χ0v) is 19.6. The molecule has 0 saturated carbocycles. The highest BCUT2D eigenvalue weighted by molar-refractivity contribution is 9.10. The highest BCUT2D eigenvalue weighted by Gasteiger charge is 2.28. The number of nitro benzene ring substituents is 1. The molecule has 0 N–H and O–H groups in total. The number of aromatic nitrogens is 1. The number of pyridine rings is 1. The van der Waals surface area contributed by atoms with E-state index in [0.717, 1.165) is 71.2 Å². The molecule has 1 fully saturated rings. The van der Waals surface area contributed by atoms with Gasteiger partial charge in [-0.1, -0.05) is 17.2 Å². The van der Waals surface area contributed by atoms with E-state index in [2.05, 4.69) is 33.5 Å². The van der Waals surface area contributed by atoms with Gasteiger partial charge < -0.3 is 9.64 Å². The second kappa shape index (κ2) is 9.01. The van der Waals surface area contributed by atoms with Crippen LogP contribution in [-0.2, 0) is 17.6 Å². The van der Waals surface area contributed by atoms with Crippen LogP contribution in [0.2, 0.25) is 5.02 Å². The number of hydrogen-bond donors (Lipinski definition) is 0. The standard InChI is InChI=1S/C23H23BrClN3O3/c1-3-31-14(2)27-8-6-15(7-9-27)22-19-12-21(28(29)30)20(25)11-16(19)4-5-17-10-18(24)13-26-23(17)22/h10-13H,2-9H2,1H3. The van der Waals surface area contributed by atoms with Crippen molar-refractivity contribution in [1.82, 2.24) is 9.88 Å². The van der Waals surface area contributed by atoms with Crippen molar-refractivity contribution in [3.8, 4) is 0 Å². The number of piperidine rings is 1. The van der Waals surface area contributed by atoms with E-state index in [9.17, 15) is 10.1 Å². The van der Waals surface area contributed by atoms with Crippen LogP contribution in [0.4, 0.5) is 5.69 Å². The number of aryl methyl sites for hydroxylation is 2. The maximum atomic E-state index is 11.6. The smallest absolute Gasteiger partial charge is 0.288 e. The number of benzene rings is 1. The van der Waals surface area contributed by atoms with Crippen molar-refractivity contribution < 1.29 is 9.66 Å². The Kier molecular flexibility index (Phi) is 6.34. The van der Waals surface area contributed by atoms with E-state index in [-0.39, 0.29) is 10.7 Å². The van der Waals surface area contributed by atoms with E-state index in [0.29, 0.717) is 12.5 Å². The fraction of sp³-hybridized carbons (Fsp3) is 0.348. The molecule has 1 aliphatic heterocycles. The van der Waals surface area contributed by atoms with E-state index in [1.165, 1.54) is 5.57 Å². The topological polar surface area (TPSA) is 68.5 Å². The third kappa shape index (κ3) is 4.34. The molecule has 0 radical (unpaired) electrons. The normalized spacial score (nSPS) is 15.8. The van der Waals surface area contributed by atoms with Crippen LogP contribution in [0.1, 0.15) is 42.1 Å². The molecular weight excluding hydrogens is 482 g/mol. The first-order chi connectivity index (χ1) is 14.9. The molecule has 2 aliphatic rings. The Morgan fingerprint density at radius 3 is 2.65 bits per heavy atom. The van der Waals surface area contributed by atoms with Gasteiger partial charge in [-0.3, -0.25) is 15.1 Å². The molecule has 1 aromatic heterocycles. The summed E-state index contributed by atoms with van der Waals surface area (Å²) in [6.45, 7) is 8.13. The molecule has 0 spiro atoms. The Hall–Kier alpha value is -2.38. The molecular formula is C23H23BrClN3O3. The van der Waals surface area contributed by atoms with Gasteiger partial charge in [-0.05, 0) is 83.9 Å². The number of nitro groups is 1. The summed E-state index contributed by atoms with van der Waals surface area (Å²) in [7, 11) is 0. The van der Waals surface area contributed by atoms with E-state index in [1.54, 1.807) is 18.3 Å². The van der Waals surface area contributed by atoms with Crippen molar-refractivity contribution in [3.05, 3.63) is 84.4 Å². The lowest BCUT2D eigenvalue weighted by molar-refractivity contribution is -0.384. The minimum absolute atomic E-state index is 0.0683. The van der Waals surface area contributed by atoms with E-state index >= 15 is 0 Å². The molecule has 0 amide bonds. The minimum Gasteiger partial charge on any atom is -0.480 e. The predicted molar refractivity (Wildman–Crippen MR) is 125 cm³/mol. The van der Waals surface area contributed by atoms with Gasteiger partial charge >= 0.3 is 0 Å². The van der Waals surface area contributed by atoms with Crippen LogP contribution in [0.3, 0.4) is 0 Å².